The molecule has 2 bridgehead atoms. The summed E-state index contributed by atoms with van der Waals surface area (Å²) in [5.41, 5.74) is 4.48. The fourth-order valence-electron chi connectivity index (χ4n) is 4.70. The van der Waals surface area contributed by atoms with Crippen LogP contribution < -0.4 is 0 Å². The first-order valence-electron chi connectivity index (χ1n) is 8.81. The summed E-state index contributed by atoms with van der Waals surface area (Å²) in [4.78, 5) is 2.71. The topological polar surface area (TPSA) is 3.24 Å². The van der Waals surface area contributed by atoms with Crippen molar-refractivity contribution in [3.8, 4) is 0 Å². The van der Waals surface area contributed by atoms with Gasteiger partial charge in [0.2, 0.25) is 0 Å². The summed E-state index contributed by atoms with van der Waals surface area (Å²) in [7, 11) is 0. The Labute approximate surface area is 144 Å². The van der Waals surface area contributed by atoms with Crippen LogP contribution in [-0.2, 0) is 6.42 Å². The van der Waals surface area contributed by atoms with Gasteiger partial charge < -0.3 is 0 Å². The molecule has 2 heteroatoms. The third kappa shape index (κ3) is 2.81. The Balaban J connectivity index is 1.60. The first kappa shape index (κ1) is 15.2. The number of halogens is 1. The van der Waals surface area contributed by atoms with Crippen LogP contribution in [0.3, 0.4) is 0 Å². The summed E-state index contributed by atoms with van der Waals surface area (Å²) >= 11 is 6.30. The molecule has 1 nitrogen and oxygen atoms in total. The summed E-state index contributed by atoms with van der Waals surface area (Å²) in [6.07, 6.45) is 3.75. The van der Waals surface area contributed by atoms with Gasteiger partial charge >= 0.3 is 0 Å². The Hall–Kier alpha value is -1.31. The van der Waals surface area contributed by atoms with E-state index in [1.165, 1.54) is 30.5 Å². The van der Waals surface area contributed by atoms with Crippen LogP contribution in [0.4, 0.5) is 0 Å². The van der Waals surface area contributed by atoms with Gasteiger partial charge in [0.25, 0.3) is 0 Å². The van der Waals surface area contributed by atoms with Crippen molar-refractivity contribution in [2.75, 3.05) is 13.1 Å². The molecule has 0 radical (unpaired) electrons. The zero-order valence-corrected chi connectivity index (χ0v) is 14.5. The SMILES string of the molecule is C[C@H]1C2CCCN(CCc3ccccc3)C1c1cc(Cl)ccc12. The average Bonchev–Trinajstić information content (AvgIpc) is 2.71. The van der Waals surface area contributed by atoms with Gasteiger partial charge in [0.1, 0.15) is 0 Å². The van der Waals surface area contributed by atoms with Gasteiger partial charge in [0.05, 0.1) is 0 Å². The molecule has 2 aliphatic rings. The Kier molecular flexibility index (Phi) is 4.17. The molecule has 1 saturated heterocycles. The molecule has 1 heterocycles. The Bertz CT molecular complexity index is 681. The second kappa shape index (κ2) is 6.30. The summed E-state index contributed by atoms with van der Waals surface area (Å²) in [5.74, 6) is 1.41. The standard InChI is InChI=1S/C21H24ClN/c1-15-18-8-5-12-23(13-11-16-6-3-2-4-7-16)21(15)20-14-17(22)9-10-19(18)20/h2-4,6-7,9-10,14-15,18,21H,5,8,11-13H2,1H3/t15-,18?,21?/m0/s1. The van der Waals surface area contributed by atoms with E-state index in [9.17, 15) is 0 Å². The summed E-state index contributed by atoms with van der Waals surface area (Å²) < 4.78 is 0. The third-order valence-corrected chi connectivity index (χ3v) is 6.02. The van der Waals surface area contributed by atoms with E-state index in [0.717, 1.165) is 18.0 Å². The van der Waals surface area contributed by atoms with Gasteiger partial charge in [-0.15, -0.1) is 0 Å². The number of nitrogens with zero attached hydrogens (tertiary/aromatic N) is 1. The number of hydrogen-bond acceptors (Lipinski definition) is 1. The molecule has 3 atom stereocenters. The number of rotatable bonds is 3. The molecule has 1 aliphatic carbocycles. The number of hydrogen-bond donors (Lipinski definition) is 0. The first-order chi connectivity index (χ1) is 11.2. The molecule has 0 saturated carbocycles. The van der Waals surface area contributed by atoms with Crippen molar-refractivity contribution < 1.29 is 0 Å². The Morgan fingerprint density at radius 3 is 2.74 bits per heavy atom. The monoisotopic (exact) mass is 325 g/mol. The molecule has 0 aromatic heterocycles. The Morgan fingerprint density at radius 2 is 1.91 bits per heavy atom. The van der Waals surface area contributed by atoms with E-state index in [4.69, 9.17) is 11.6 Å². The quantitative estimate of drug-likeness (QED) is 0.725. The largest absolute Gasteiger partial charge is 0.296 e. The fourth-order valence-corrected chi connectivity index (χ4v) is 4.88. The third-order valence-electron chi connectivity index (χ3n) is 5.78. The minimum Gasteiger partial charge on any atom is -0.296 e. The second-order valence-electron chi connectivity index (χ2n) is 7.10. The molecule has 1 aliphatic heterocycles. The summed E-state index contributed by atoms with van der Waals surface area (Å²) in [6, 6.07) is 18.0. The van der Waals surface area contributed by atoms with Crippen LogP contribution in [0.2, 0.25) is 5.02 Å². The molecule has 23 heavy (non-hydrogen) atoms. The molecule has 0 N–H and O–H groups in total. The fraction of sp³-hybridized carbons (Fsp3) is 0.429. The van der Waals surface area contributed by atoms with Crippen LogP contribution in [0.25, 0.3) is 0 Å². The average molecular weight is 326 g/mol. The molecule has 120 valence electrons. The smallest absolute Gasteiger partial charge is 0.0409 e. The van der Waals surface area contributed by atoms with Crippen molar-refractivity contribution in [1.29, 1.82) is 0 Å². The highest BCUT2D eigenvalue weighted by Gasteiger charge is 2.42. The van der Waals surface area contributed by atoms with Crippen molar-refractivity contribution in [3.05, 3.63) is 70.2 Å². The lowest BCUT2D eigenvalue weighted by atomic mass is 9.90. The molecule has 0 spiro atoms. The van der Waals surface area contributed by atoms with Crippen molar-refractivity contribution >= 4 is 11.6 Å². The molecular formula is C21H24ClN. The summed E-state index contributed by atoms with van der Waals surface area (Å²) in [5, 5.41) is 0.880. The molecule has 0 amide bonds. The van der Waals surface area contributed by atoms with Gasteiger partial charge in [-0.1, -0.05) is 54.9 Å². The highest BCUT2D eigenvalue weighted by atomic mass is 35.5. The van der Waals surface area contributed by atoms with Gasteiger partial charge in [-0.05, 0) is 66.5 Å². The highest BCUT2D eigenvalue weighted by molar-refractivity contribution is 6.30. The molecule has 2 aromatic rings. The van der Waals surface area contributed by atoms with Crippen molar-refractivity contribution in [3.63, 3.8) is 0 Å². The molecule has 2 aromatic carbocycles. The number of benzene rings is 2. The minimum absolute atomic E-state index is 0.542. The van der Waals surface area contributed by atoms with Gasteiger partial charge in [0, 0.05) is 17.6 Å². The zero-order chi connectivity index (χ0) is 15.8. The maximum Gasteiger partial charge on any atom is 0.0409 e. The van der Waals surface area contributed by atoms with Crippen LogP contribution in [-0.4, -0.2) is 18.0 Å². The lowest BCUT2D eigenvalue weighted by Gasteiger charge is -2.31. The maximum absolute atomic E-state index is 6.30. The van der Waals surface area contributed by atoms with Crippen molar-refractivity contribution in [2.24, 2.45) is 5.92 Å². The van der Waals surface area contributed by atoms with Crippen LogP contribution >= 0.6 is 11.6 Å². The first-order valence-corrected chi connectivity index (χ1v) is 9.19. The van der Waals surface area contributed by atoms with Crippen LogP contribution in [0.1, 0.15) is 48.4 Å². The van der Waals surface area contributed by atoms with E-state index < -0.39 is 0 Å². The molecule has 4 rings (SSSR count). The highest BCUT2D eigenvalue weighted by Crippen LogP contribution is 2.52. The van der Waals surface area contributed by atoms with Gasteiger partial charge in [-0.25, -0.2) is 0 Å². The lowest BCUT2D eigenvalue weighted by Crippen LogP contribution is -2.32. The van der Waals surface area contributed by atoms with Crippen LogP contribution in [0, 0.1) is 5.92 Å². The predicted octanol–water partition coefficient (Wildman–Crippen LogP) is 5.45. The molecule has 2 unspecified atom stereocenters. The number of likely N-dealkylation sites (tertiary alicyclic amines) is 1. The van der Waals surface area contributed by atoms with E-state index in [2.05, 4.69) is 60.4 Å². The van der Waals surface area contributed by atoms with E-state index >= 15 is 0 Å². The number of fused-ring (bicyclic) bond motifs is 5. The normalized spacial score (nSPS) is 26.8. The minimum atomic E-state index is 0.542. The van der Waals surface area contributed by atoms with E-state index in [-0.39, 0.29) is 0 Å². The molecular weight excluding hydrogens is 302 g/mol. The van der Waals surface area contributed by atoms with E-state index in [1.807, 2.05) is 0 Å². The van der Waals surface area contributed by atoms with Crippen LogP contribution in [0.15, 0.2) is 48.5 Å². The van der Waals surface area contributed by atoms with Gasteiger partial charge in [-0.2, -0.15) is 0 Å². The second-order valence-corrected chi connectivity index (χ2v) is 7.53. The maximum atomic E-state index is 6.30. The van der Waals surface area contributed by atoms with Gasteiger partial charge in [-0.3, -0.25) is 4.90 Å². The van der Waals surface area contributed by atoms with E-state index in [1.54, 1.807) is 5.56 Å². The molecule has 1 fully saturated rings. The predicted molar refractivity (Wildman–Crippen MR) is 97.1 cm³/mol. The summed E-state index contributed by atoms with van der Waals surface area (Å²) in [6.45, 7) is 4.78. The van der Waals surface area contributed by atoms with Crippen molar-refractivity contribution in [2.45, 2.75) is 38.1 Å². The van der Waals surface area contributed by atoms with Crippen molar-refractivity contribution in [1.82, 2.24) is 4.90 Å². The Morgan fingerprint density at radius 1 is 1.09 bits per heavy atom. The zero-order valence-electron chi connectivity index (χ0n) is 13.7. The lowest BCUT2D eigenvalue weighted by molar-refractivity contribution is 0.172. The van der Waals surface area contributed by atoms with Crippen LogP contribution in [0.5, 0.6) is 0 Å². The van der Waals surface area contributed by atoms with E-state index in [0.29, 0.717) is 17.9 Å². The van der Waals surface area contributed by atoms with Gasteiger partial charge in [0.15, 0.2) is 0 Å².